The van der Waals surface area contributed by atoms with Crippen LogP contribution < -0.4 is 11.1 Å². The van der Waals surface area contributed by atoms with Gasteiger partial charge < -0.3 is 23.7 Å². The average Bonchev–Trinajstić information content (AvgIpc) is 2.46. The molecule has 0 spiro atoms. The molecule has 1 aromatic rings. The molecule has 0 unspecified atom stereocenters. The number of benzene rings is 1. The van der Waals surface area contributed by atoms with Crippen molar-refractivity contribution in [2.75, 3.05) is 7.11 Å². The van der Waals surface area contributed by atoms with Gasteiger partial charge in [-0.3, -0.25) is 9.59 Å². The number of carboxylic acid groups (broad SMARTS) is 1. The van der Waals surface area contributed by atoms with Gasteiger partial charge in [0.2, 0.25) is 5.91 Å². The first-order valence-electron chi connectivity index (χ1n) is 6.33. The fraction of sp³-hybridized carbons (Fsp3) is 0.357. The van der Waals surface area contributed by atoms with Crippen molar-refractivity contribution >= 4 is 40.9 Å². The smallest absolute Gasteiger partial charge is 1.00 e. The van der Waals surface area contributed by atoms with Crippen molar-refractivity contribution < 1.29 is 27.1 Å². The van der Waals surface area contributed by atoms with Crippen LogP contribution in [-0.2, 0) is 25.5 Å². The summed E-state index contributed by atoms with van der Waals surface area (Å²) in [6, 6.07) is 6.93. The van der Waals surface area contributed by atoms with Crippen molar-refractivity contribution in [1.29, 1.82) is 0 Å². The van der Waals surface area contributed by atoms with E-state index in [4.69, 9.17) is 10.8 Å². The van der Waals surface area contributed by atoms with Crippen molar-refractivity contribution in [2.24, 2.45) is 5.73 Å². The van der Waals surface area contributed by atoms with Crippen molar-refractivity contribution in [3.05, 3.63) is 35.9 Å². The van der Waals surface area contributed by atoms with E-state index in [1.165, 1.54) is 7.11 Å². The largest absolute Gasteiger partial charge is 2.00 e. The summed E-state index contributed by atoms with van der Waals surface area (Å²) in [5.74, 6) is -2.51. The topological polar surface area (TPSA) is 119 Å². The number of amides is 1. The van der Waals surface area contributed by atoms with E-state index in [-0.39, 0.29) is 32.3 Å². The molecule has 0 saturated heterocycles. The molecule has 1 aromatic carbocycles. The Kier molecular flexibility index (Phi) is 9.39. The van der Waals surface area contributed by atoms with Gasteiger partial charge >= 0.3 is 35.0 Å². The molecule has 0 radical (unpaired) electrons. The fourth-order valence-electron chi connectivity index (χ4n) is 1.74. The molecule has 1 rings (SSSR count). The Balaban J connectivity index is -0.00000147. The van der Waals surface area contributed by atoms with Gasteiger partial charge in [0.25, 0.3) is 0 Å². The van der Waals surface area contributed by atoms with Crippen molar-refractivity contribution in [1.82, 2.24) is 5.32 Å². The van der Waals surface area contributed by atoms with E-state index in [1.807, 2.05) is 18.2 Å². The molecule has 4 N–H and O–H groups in total. The summed E-state index contributed by atoms with van der Waals surface area (Å²) in [4.78, 5) is 34.0. The van der Waals surface area contributed by atoms with E-state index < -0.39 is 36.4 Å². The van der Waals surface area contributed by atoms with Crippen LogP contribution in [0.2, 0.25) is 0 Å². The van der Waals surface area contributed by atoms with E-state index in [0.29, 0.717) is 0 Å². The second-order valence-electron chi connectivity index (χ2n) is 4.48. The van der Waals surface area contributed by atoms with Gasteiger partial charge in [0.05, 0.1) is 19.6 Å². The number of esters is 1. The maximum Gasteiger partial charge on any atom is 2.00 e. The number of hydrogen-bond donors (Lipinski definition) is 3. The molecule has 0 fully saturated rings. The molecule has 118 valence electrons. The Hall–Kier alpha value is -1.64. The maximum absolute atomic E-state index is 11.8. The molecule has 7 nitrogen and oxygen atoms in total. The molecule has 0 saturated carbocycles. The van der Waals surface area contributed by atoms with Gasteiger partial charge in [0.15, 0.2) is 0 Å². The van der Waals surface area contributed by atoms with Crippen LogP contribution in [0.3, 0.4) is 0 Å². The van der Waals surface area contributed by atoms with E-state index in [9.17, 15) is 14.4 Å². The minimum Gasteiger partial charge on any atom is -1.00 e. The second kappa shape index (κ2) is 10.1. The van der Waals surface area contributed by atoms with E-state index >= 15 is 0 Å². The maximum atomic E-state index is 11.8. The summed E-state index contributed by atoms with van der Waals surface area (Å²) in [6.45, 7) is 0. The van der Waals surface area contributed by atoms with Crippen LogP contribution in [0, 0.1) is 0 Å². The molecule has 2 atom stereocenters. The molecular weight excluding hydrogens is 300 g/mol. The predicted molar refractivity (Wildman–Crippen MR) is 82.3 cm³/mol. The number of rotatable bonds is 7. The molecule has 0 aliphatic carbocycles. The summed E-state index contributed by atoms with van der Waals surface area (Å²) < 4.78 is 4.64. The molecule has 22 heavy (non-hydrogen) atoms. The van der Waals surface area contributed by atoms with E-state index in [2.05, 4.69) is 10.1 Å². The summed E-state index contributed by atoms with van der Waals surface area (Å²) in [6.07, 6.45) is -0.274. The number of carboxylic acids is 1. The minimum absolute atomic E-state index is 0. The Morgan fingerprint density at radius 1 is 1.32 bits per heavy atom. The summed E-state index contributed by atoms with van der Waals surface area (Å²) in [5.41, 5.74) is 6.29. The van der Waals surface area contributed by atoms with E-state index in [0.717, 1.165) is 5.56 Å². The second-order valence-corrected chi connectivity index (χ2v) is 4.48. The van der Waals surface area contributed by atoms with Gasteiger partial charge in [-0.15, -0.1) is 0 Å². The number of aliphatic carboxylic acids is 1. The van der Waals surface area contributed by atoms with Gasteiger partial charge in [-0.25, -0.2) is 4.79 Å². The molecular formula is C14H20MgN2O5. The summed E-state index contributed by atoms with van der Waals surface area (Å²) in [7, 11) is 1.21. The van der Waals surface area contributed by atoms with Crippen LogP contribution in [0.4, 0.5) is 0 Å². The minimum atomic E-state index is -1.22. The van der Waals surface area contributed by atoms with Gasteiger partial charge in [0.1, 0.15) is 6.04 Å². The molecule has 8 heteroatoms. The number of ether oxygens (including phenoxy) is 1. The van der Waals surface area contributed by atoms with Crippen LogP contribution in [-0.4, -0.2) is 65.2 Å². The molecule has 0 bridgehead atoms. The average molecular weight is 321 g/mol. The predicted octanol–water partition coefficient (Wildman–Crippen LogP) is -0.467. The fourth-order valence-corrected chi connectivity index (χ4v) is 1.74. The third-order valence-corrected chi connectivity index (χ3v) is 2.82. The van der Waals surface area contributed by atoms with Gasteiger partial charge in [-0.1, -0.05) is 30.3 Å². The van der Waals surface area contributed by atoms with Gasteiger partial charge in [-0.2, -0.15) is 0 Å². The molecule has 0 aromatic heterocycles. The monoisotopic (exact) mass is 320 g/mol. The summed E-state index contributed by atoms with van der Waals surface area (Å²) in [5, 5.41) is 11.0. The van der Waals surface area contributed by atoms with Crippen LogP contribution in [0.1, 0.15) is 14.8 Å². The Labute approximate surface area is 147 Å². The Bertz CT molecular complexity index is 519. The van der Waals surface area contributed by atoms with Crippen LogP contribution >= 0.6 is 0 Å². The van der Waals surface area contributed by atoms with Crippen LogP contribution in [0.25, 0.3) is 0 Å². The first kappa shape index (κ1) is 20.4. The first-order chi connectivity index (χ1) is 9.93. The summed E-state index contributed by atoms with van der Waals surface area (Å²) >= 11 is 0. The first-order valence-corrected chi connectivity index (χ1v) is 6.33. The van der Waals surface area contributed by atoms with Crippen LogP contribution in [0.15, 0.2) is 30.3 Å². The van der Waals surface area contributed by atoms with Crippen molar-refractivity contribution in [3.63, 3.8) is 0 Å². The number of methoxy groups -OCH3 is 1. The molecule has 1 amide bonds. The van der Waals surface area contributed by atoms with Crippen molar-refractivity contribution in [3.8, 4) is 0 Å². The Morgan fingerprint density at radius 3 is 2.41 bits per heavy atom. The number of hydrogen-bond acceptors (Lipinski definition) is 5. The zero-order valence-electron chi connectivity index (χ0n) is 14.3. The molecule has 0 heterocycles. The van der Waals surface area contributed by atoms with Crippen LogP contribution in [0.5, 0.6) is 0 Å². The number of nitrogens with one attached hydrogen (secondary N) is 1. The number of carbonyl (C=O) groups excluding carboxylic acids is 2. The van der Waals surface area contributed by atoms with E-state index in [1.54, 1.807) is 12.1 Å². The SMILES string of the molecule is COC(=O)[C@H](Cc1ccccc1)NC(=O)[C@@H](N)CC(=O)O.[H-].[H-].[Mg+2]. The third-order valence-electron chi connectivity index (χ3n) is 2.82. The Morgan fingerprint density at radius 2 is 1.91 bits per heavy atom. The number of nitrogens with two attached hydrogens (primary N) is 1. The number of carbonyl (C=O) groups is 3. The third kappa shape index (κ3) is 6.88. The normalized spacial score (nSPS) is 12.5. The van der Waals surface area contributed by atoms with Gasteiger partial charge in [0, 0.05) is 6.42 Å². The standard InChI is InChI=1S/C14H18N2O5.Mg.2H/c1-21-14(20)11(7-9-5-3-2-4-6-9)16-13(19)10(15)8-12(17)18;;;/h2-6,10-11H,7-8,15H2,1H3,(H,16,19)(H,17,18);;;/q;+2;2*-1/t10-,11-;;;/m0.../s1. The van der Waals surface area contributed by atoms with Crippen molar-refractivity contribution in [2.45, 2.75) is 24.9 Å². The molecule has 0 aliphatic rings. The zero-order chi connectivity index (χ0) is 15.8. The zero-order valence-corrected chi connectivity index (χ0v) is 13.7. The molecule has 0 aliphatic heterocycles. The van der Waals surface area contributed by atoms with Gasteiger partial charge in [-0.05, 0) is 5.56 Å². The quantitative estimate of drug-likeness (QED) is 0.462.